The van der Waals surface area contributed by atoms with Crippen molar-refractivity contribution in [1.82, 2.24) is 9.29 Å². The number of nitrogens with zero attached hydrogens (tertiary/aromatic N) is 2. The van der Waals surface area contributed by atoms with E-state index >= 15 is 0 Å². The summed E-state index contributed by atoms with van der Waals surface area (Å²) in [6, 6.07) is 7.91. The molecule has 1 saturated heterocycles. The predicted octanol–water partition coefficient (Wildman–Crippen LogP) is 1.60. The molecule has 0 saturated carbocycles. The van der Waals surface area contributed by atoms with Gasteiger partial charge in [0.2, 0.25) is 10.0 Å². The first kappa shape index (κ1) is 17.1. The van der Waals surface area contributed by atoms with Crippen LogP contribution in [0.5, 0.6) is 0 Å². The zero-order chi connectivity index (χ0) is 17.4. The smallest absolute Gasteiger partial charge is 0.245 e. The van der Waals surface area contributed by atoms with E-state index in [1.165, 1.54) is 16.4 Å². The number of pyridine rings is 1. The molecule has 1 aromatic carbocycles. The van der Waals surface area contributed by atoms with Crippen molar-refractivity contribution in [2.45, 2.75) is 17.4 Å². The fourth-order valence-corrected chi connectivity index (χ4v) is 6.60. The Labute approximate surface area is 141 Å². The molecule has 2 aromatic rings. The molecule has 0 N–H and O–H groups in total. The number of para-hydroxylation sites is 1. The van der Waals surface area contributed by atoms with E-state index in [1.54, 1.807) is 30.5 Å². The van der Waals surface area contributed by atoms with Gasteiger partial charge in [0.15, 0.2) is 9.84 Å². The van der Waals surface area contributed by atoms with E-state index in [1.807, 2.05) is 0 Å². The number of hydrogen-bond donors (Lipinski definition) is 0. The molecule has 0 bridgehead atoms. The second kappa shape index (κ2) is 6.27. The van der Waals surface area contributed by atoms with Crippen molar-refractivity contribution in [2.75, 3.05) is 18.1 Å². The number of sulfone groups is 1. The molecule has 1 aliphatic heterocycles. The number of hydrogen-bond acceptors (Lipinski definition) is 5. The minimum atomic E-state index is -3.89. The van der Waals surface area contributed by atoms with E-state index in [0.29, 0.717) is 11.9 Å². The number of sulfonamides is 1. The van der Waals surface area contributed by atoms with E-state index in [4.69, 9.17) is 0 Å². The van der Waals surface area contributed by atoms with Crippen LogP contribution in [0.4, 0.5) is 0 Å². The summed E-state index contributed by atoms with van der Waals surface area (Å²) in [5.74, 6) is -0.146. The third kappa shape index (κ3) is 3.09. The van der Waals surface area contributed by atoms with Gasteiger partial charge in [-0.05, 0) is 18.6 Å². The summed E-state index contributed by atoms with van der Waals surface area (Å²) in [6.45, 7) is 3.67. The van der Waals surface area contributed by atoms with Gasteiger partial charge >= 0.3 is 0 Å². The van der Waals surface area contributed by atoms with Crippen molar-refractivity contribution in [3.63, 3.8) is 0 Å². The van der Waals surface area contributed by atoms with Gasteiger partial charge in [0.25, 0.3) is 0 Å². The van der Waals surface area contributed by atoms with Gasteiger partial charge in [0, 0.05) is 24.2 Å². The molecule has 8 heteroatoms. The predicted molar refractivity (Wildman–Crippen MR) is 92.9 cm³/mol. The van der Waals surface area contributed by atoms with Gasteiger partial charge in [-0.15, -0.1) is 6.58 Å². The van der Waals surface area contributed by atoms with E-state index in [2.05, 4.69) is 11.6 Å². The normalized spacial score (nSPS) is 20.5. The highest BCUT2D eigenvalue weighted by Gasteiger charge is 2.38. The van der Waals surface area contributed by atoms with Crippen LogP contribution in [0.1, 0.15) is 6.42 Å². The lowest BCUT2D eigenvalue weighted by Crippen LogP contribution is -2.41. The third-order valence-corrected chi connectivity index (χ3v) is 7.81. The van der Waals surface area contributed by atoms with Gasteiger partial charge in [-0.25, -0.2) is 16.8 Å². The van der Waals surface area contributed by atoms with Crippen LogP contribution in [-0.4, -0.2) is 50.2 Å². The minimum absolute atomic E-state index is 0.00855. The lowest BCUT2D eigenvalue weighted by atomic mass is 10.2. The molecular formula is C16H18N2O4S2. The van der Waals surface area contributed by atoms with Crippen molar-refractivity contribution >= 4 is 30.8 Å². The van der Waals surface area contributed by atoms with E-state index in [9.17, 15) is 16.8 Å². The Kier molecular flexibility index (Phi) is 4.46. The molecule has 0 spiro atoms. The van der Waals surface area contributed by atoms with Crippen molar-refractivity contribution in [3.8, 4) is 0 Å². The first-order chi connectivity index (χ1) is 11.3. The van der Waals surface area contributed by atoms with Crippen molar-refractivity contribution < 1.29 is 16.8 Å². The Morgan fingerprint density at radius 3 is 2.71 bits per heavy atom. The average Bonchev–Trinajstić information content (AvgIpc) is 2.91. The molecule has 0 unspecified atom stereocenters. The van der Waals surface area contributed by atoms with Crippen molar-refractivity contribution in [2.24, 2.45) is 0 Å². The molecule has 128 valence electrons. The number of aromatic nitrogens is 1. The van der Waals surface area contributed by atoms with Gasteiger partial charge in [-0.2, -0.15) is 4.31 Å². The molecule has 1 atom stereocenters. The van der Waals surface area contributed by atoms with Crippen LogP contribution >= 0.6 is 0 Å². The second-order valence-corrected chi connectivity index (χ2v) is 9.84. The molecular weight excluding hydrogens is 348 g/mol. The summed E-state index contributed by atoms with van der Waals surface area (Å²) in [6.07, 6.45) is 3.31. The average molecular weight is 366 g/mol. The Morgan fingerprint density at radius 2 is 2.04 bits per heavy atom. The maximum atomic E-state index is 13.2. The molecule has 1 fully saturated rings. The van der Waals surface area contributed by atoms with Crippen LogP contribution in [0.15, 0.2) is 54.1 Å². The van der Waals surface area contributed by atoms with Crippen LogP contribution in [0.3, 0.4) is 0 Å². The summed E-state index contributed by atoms with van der Waals surface area (Å²) >= 11 is 0. The van der Waals surface area contributed by atoms with Gasteiger partial charge in [0.05, 0.1) is 17.0 Å². The largest absolute Gasteiger partial charge is 0.255 e. The van der Waals surface area contributed by atoms with E-state index in [0.717, 1.165) is 5.39 Å². The zero-order valence-electron chi connectivity index (χ0n) is 13.0. The monoisotopic (exact) mass is 366 g/mol. The highest BCUT2D eigenvalue weighted by atomic mass is 32.2. The second-order valence-electron chi connectivity index (χ2n) is 5.75. The molecule has 0 aliphatic carbocycles. The van der Waals surface area contributed by atoms with Crippen LogP contribution in [0.25, 0.3) is 10.9 Å². The Morgan fingerprint density at radius 1 is 1.29 bits per heavy atom. The zero-order valence-corrected chi connectivity index (χ0v) is 14.6. The topological polar surface area (TPSA) is 84.4 Å². The van der Waals surface area contributed by atoms with E-state index in [-0.39, 0.29) is 22.9 Å². The SMILES string of the molecule is C=CCN([C@H]1CCS(=O)(=O)C1)S(=O)(=O)c1cccc2cccnc12. The summed E-state index contributed by atoms with van der Waals surface area (Å²) in [4.78, 5) is 4.28. The van der Waals surface area contributed by atoms with Crippen LogP contribution in [0, 0.1) is 0 Å². The lowest BCUT2D eigenvalue weighted by molar-refractivity contribution is 0.368. The fraction of sp³-hybridized carbons (Fsp3) is 0.312. The van der Waals surface area contributed by atoms with Crippen molar-refractivity contribution in [1.29, 1.82) is 0 Å². The standard InChI is InChI=1S/C16H18N2O4S2/c1-2-10-18(14-8-11-23(19,20)12-14)24(21,22)15-7-3-5-13-6-4-9-17-16(13)15/h2-7,9,14H,1,8,10-12H2/t14-/m0/s1. The molecule has 1 aliphatic rings. The maximum absolute atomic E-state index is 13.2. The molecule has 0 amide bonds. The molecule has 3 rings (SSSR count). The maximum Gasteiger partial charge on any atom is 0.245 e. The summed E-state index contributed by atoms with van der Waals surface area (Å²) < 4.78 is 51.1. The molecule has 24 heavy (non-hydrogen) atoms. The molecule has 6 nitrogen and oxygen atoms in total. The highest BCUT2D eigenvalue weighted by molar-refractivity contribution is 7.92. The highest BCUT2D eigenvalue weighted by Crippen LogP contribution is 2.28. The molecule has 1 aromatic heterocycles. The number of fused-ring (bicyclic) bond motifs is 1. The van der Waals surface area contributed by atoms with Crippen LogP contribution in [0.2, 0.25) is 0 Å². The Hall–Kier alpha value is -1.77. The van der Waals surface area contributed by atoms with Gasteiger partial charge in [-0.1, -0.05) is 24.3 Å². The lowest BCUT2D eigenvalue weighted by Gasteiger charge is -2.26. The molecule has 2 heterocycles. The Balaban J connectivity index is 2.10. The quantitative estimate of drug-likeness (QED) is 0.751. The fourth-order valence-electron chi connectivity index (χ4n) is 2.98. The number of rotatable bonds is 5. The van der Waals surface area contributed by atoms with Crippen LogP contribution < -0.4 is 0 Å². The third-order valence-electron chi connectivity index (χ3n) is 4.11. The van der Waals surface area contributed by atoms with Gasteiger partial charge in [-0.3, -0.25) is 4.98 Å². The van der Waals surface area contributed by atoms with Crippen LogP contribution in [-0.2, 0) is 19.9 Å². The first-order valence-corrected chi connectivity index (χ1v) is 10.8. The first-order valence-electron chi connectivity index (χ1n) is 7.52. The van der Waals surface area contributed by atoms with Gasteiger partial charge in [0.1, 0.15) is 4.90 Å². The summed E-state index contributed by atoms with van der Waals surface area (Å²) in [5.41, 5.74) is 0.384. The Bertz CT molecular complexity index is 979. The van der Waals surface area contributed by atoms with Crippen molar-refractivity contribution in [3.05, 3.63) is 49.2 Å². The number of benzene rings is 1. The summed E-state index contributed by atoms with van der Waals surface area (Å²) in [7, 11) is -7.09. The van der Waals surface area contributed by atoms with Gasteiger partial charge < -0.3 is 0 Å². The summed E-state index contributed by atoms with van der Waals surface area (Å²) in [5, 5.41) is 0.719. The molecule has 0 radical (unpaired) electrons. The minimum Gasteiger partial charge on any atom is -0.255 e. The van der Waals surface area contributed by atoms with E-state index < -0.39 is 25.9 Å².